The van der Waals surface area contributed by atoms with Gasteiger partial charge in [-0.2, -0.15) is 0 Å². The molecule has 2 heteroatoms. The number of nitrogens with zero attached hydrogens (tertiary/aromatic N) is 1. The molecular weight excluding hydrogens is 208 g/mol. The van der Waals surface area contributed by atoms with Crippen molar-refractivity contribution in [3.05, 3.63) is 34.9 Å². The first kappa shape index (κ1) is 14.2. The molecule has 2 N–H and O–H groups in total. The van der Waals surface area contributed by atoms with E-state index < -0.39 is 0 Å². The van der Waals surface area contributed by atoms with Crippen molar-refractivity contribution in [2.75, 3.05) is 20.1 Å². The van der Waals surface area contributed by atoms with Gasteiger partial charge in [-0.3, -0.25) is 4.90 Å². The summed E-state index contributed by atoms with van der Waals surface area (Å²) in [5, 5.41) is 0. The second kappa shape index (κ2) is 6.77. The van der Waals surface area contributed by atoms with E-state index in [4.69, 9.17) is 5.73 Å². The van der Waals surface area contributed by atoms with Crippen LogP contribution in [0.15, 0.2) is 18.2 Å². The molecule has 0 spiro atoms. The molecule has 0 aromatic heterocycles. The molecule has 0 fully saturated rings. The van der Waals surface area contributed by atoms with Gasteiger partial charge in [-0.25, -0.2) is 0 Å². The molecule has 0 aliphatic carbocycles. The van der Waals surface area contributed by atoms with Crippen molar-refractivity contribution >= 4 is 0 Å². The first-order chi connectivity index (χ1) is 8.10. The summed E-state index contributed by atoms with van der Waals surface area (Å²) in [7, 11) is 2.17. The highest BCUT2D eigenvalue weighted by molar-refractivity contribution is 5.33. The van der Waals surface area contributed by atoms with E-state index in [1.54, 1.807) is 0 Å². The molecule has 1 unspecified atom stereocenters. The van der Waals surface area contributed by atoms with Crippen LogP contribution in [0, 0.1) is 13.8 Å². The largest absolute Gasteiger partial charge is 0.329 e. The summed E-state index contributed by atoms with van der Waals surface area (Å²) in [6.45, 7) is 8.34. The summed E-state index contributed by atoms with van der Waals surface area (Å²) in [6.07, 6.45) is 2.46. The average molecular weight is 234 g/mol. The highest BCUT2D eigenvalue weighted by Gasteiger charge is 2.16. The van der Waals surface area contributed by atoms with Crippen molar-refractivity contribution in [3.63, 3.8) is 0 Å². The number of hydrogen-bond donors (Lipinski definition) is 1. The van der Waals surface area contributed by atoms with Crippen LogP contribution in [-0.4, -0.2) is 25.0 Å². The van der Waals surface area contributed by atoms with E-state index >= 15 is 0 Å². The van der Waals surface area contributed by atoms with Crippen LogP contribution >= 0.6 is 0 Å². The van der Waals surface area contributed by atoms with E-state index in [1.165, 1.54) is 29.5 Å². The first-order valence-corrected chi connectivity index (χ1v) is 6.57. The number of rotatable bonds is 6. The Kier molecular flexibility index (Phi) is 5.66. The molecule has 1 aromatic rings. The SMILES string of the molecule is CCCCN(C)C(CN)c1ccc(C)cc1C. The van der Waals surface area contributed by atoms with Crippen LogP contribution in [0.5, 0.6) is 0 Å². The predicted molar refractivity (Wildman–Crippen MR) is 75.2 cm³/mol. The van der Waals surface area contributed by atoms with Gasteiger partial charge in [0.25, 0.3) is 0 Å². The fraction of sp³-hybridized carbons (Fsp3) is 0.600. The van der Waals surface area contributed by atoms with Crippen LogP contribution in [0.2, 0.25) is 0 Å². The lowest BCUT2D eigenvalue weighted by Gasteiger charge is -2.28. The zero-order valence-electron chi connectivity index (χ0n) is 11.7. The van der Waals surface area contributed by atoms with Crippen molar-refractivity contribution in [2.24, 2.45) is 5.73 Å². The normalized spacial score (nSPS) is 13.1. The van der Waals surface area contributed by atoms with Crippen LogP contribution in [0.25, 0.3) is 0 Å². The molecule has 0 heterocycles. The molecule has 0 amide bonds. The predicted octanol–water partition coefficient (Wildman–Crippen LogP) is 3.04. The molecular formula is C15H26N2. The van der Waals surface area contributed by atoms with Gasteiger partial charge in [-0.1, -0.05) is 37.1 Å². The molecule has 17 heavy (non-hydrogen) atoms. The molecule has 1 aromatic carbocycles. The van der Waals surface area contributed by atoms with Crippen molar-refractivity contribution in [2.45, 2.75) is 39.7 Å². The lowest BCUT2D eigenvalue weighted by atomic mass is 9.98. The Labute approximate surface area is 106 Å². The molecule has 0 saturated heterocycles. The second-order valence-electron chi connectivity index (χ2n) is 4.95. The first-order valence-electron chi connectivity index (χ1n) is 6.57. The molecule has 0 saturated carbocycles. The maximum Gasteiger partial charge on any atom is 0.0470 e. The van der Waals surface area contributed by atoms with Gasteiger partial charge in [0, 0.05) is 12.6 Å². The zero-order valence-corrected chi connectivity index (χ0v) is 11.7. The lowest BCUT2D eigenvalue weighted by molar-refractivity contribution is 0.246. The fourth-order valence-corrected chi connectivity index (χ4v) is 2.31. The minimum atomic E-state index is 0.349. The third kappa shape index (κ3) is 3.83. The van der Waals surface area contributed by atoms with E-state index in [1.807, 2.05) is 0 Å². The average Bonchev–Trinajstić information content (AvgIpc) is 2.30. The minimum absolute atomic E-state index is 0.349. The Hall–Kier alpha value is -0.860. The van der Waals surface area contributed by atoms with Gasteiger partial charge in [-0.05, 0) is 45.0 Å². The lowest BCUT2D eigenvalue weighted by Crippen LogP contribution is -2.31. The number of benzene rings is 1. The Balaban J connectivity index is 2.85. The van der Waals surface area contributed by atoms with E-state index in [0.717, 1.165) is 6.54 Å². The summed E-state index contributed by atoms with van der Waals surface area (Å²) >= 11 is 0. The van der Waals surface area contributed by atoms with E-state index in [0.29, 0.717) is 12.6 Å². The Morgan fingerprint density at radius 2 is 2.00 bits per heavy atom. The summed E-state index contributed by atoms with van der Waals surface area (Å²) in [4.78, 5) is 2.38. The standard InChI is InChI=1S/C15H26N2/c1-5-6-9-17(4)15(11-16)14-8-7-12(2)10-13(14)3/h7-8,10,15H,5-6,9,11,16H2,1-4H3. The summed E-state index contributed by atoms with van der Waals surface area (Å²) in [5.41, 5.74) is 9.98. The molecule has 0 bridgehead atoms. The van der Waals surface area contributed by atoms with Crippen molar-refractivity contribution in [3.8, 4) is 0 Å². The minimum Gasteiger partial charge on any atom is -0.329 e. The highest BCUT2D eigenvalue weighted by atomic mass is 15.1. The fourth-order valence-electron chi connectivity index (χ4n) is 2.31. The van der Waals surface area contributed by atoms with Crippen LogP contribution < -0.4 is 5.73 Å². The summed E-state index contributed by atoms with van der Waals surface area (Å²) < 4.78 is 0. The third-order valence-corrected chi connectivity index (χ3v) is 3.40. The summed E-state index contributed by atoms with van der Waals surface area (Å²) in [5.74, 6) is 0. The maximum atomic E-state index is 5.94. The Morgan fingerprint density at radius 1 is 1.29 bits per heavy atom. The number of hydrogen-bond acceptors (Lipinski definition) is 2. The van der Waals surface area contributed by atoms with Gasteiger partial charge >= 0.3 is 0 Å². The molecule has 1 rings (SSSR count). The number of unbranched alkanes of at least 4 members (excludes halogenated alkanes) is 1. The number of aryl methyl sites for hydroxylation is 2. The van der Waals surface area contributed by atoms with Gasteiger partial charge < -0.3 is 5.73 Å². The Bertz CT molecular complexity index is 347. The van der Waals surface area contributed by atoms with Crippen molar-refractivity contribution in [1.29, 1.82) is 0 Å². The molecule has 0 radical (unpaired) electrons. The van der Waals surface area contributed by atoms with E-state index in [2.05, 4.69) is 50.9 Å². The number of likely N-dealkylation sites (N-methyl/N-ethyl adjacent to an activating group) is 1. The Morgan fingerprint density at radius 3 is 2.53 bits per heavy atom. The van der Waals surface area contributed by atoms with Crippen molar-refractivity contribution in [1.82, 2.24) is 4.90 Å². The summed E-state index contributed by atoms with van der Waals surface area (Å²) in [6, 6.07) is 7.00. The third-order valence-electron chi connectivity index (χ3n) is 3.40. The van der Waals surface area contributed by atoms with Crippen LogP contribution in [-0.2, 0) is 0 Å². The number of nitrogens with two attached hydrogens (primary N) is 1. The van der Waals surface area contributed by atoms with Crippen molar-refractivity contribution < 1.29 is 0 Å². The quantitative estimate of drug-likeness (QED) is 0.819. The molecule has 0 aliphatic heterocycles. The van der Waals surface area contributed by atoms with Crippen LogP contribution in [0.4, 0.5) is 0 Å². The molecule has 0 aliphatic rings. The zero-order chi connectivity index (χ0) is 12.8. The monoisotopic (exact) mass is 234 g/mol. The van der Waals surface area contributed by atoms with Gasteiger partial charge in [-0.15, -0.1) is 0 Å². The second-order valence-corrected chi connectivity index (χ2v) is 4.95. The smallest absolute Gasteiger partial charge is 0.0470 e. The van der Waals surface area contributed by atoms with Gasteiger partial charge in [0.1, 0.15) is 0 Å². The van der Waals surface area contributed by atoms with Crippen LogP contribution in [0.1, 0.15) is 42.5 Å². The molecule has 1 atom stereocenters. The van der Waals surface area contributed by atoms with E-state index in [-0.39, 0.29) is 0 Å². The van der Waals surface area contributed by atoms with Gasteiger partial charge in [0.2, 0.25) is 0 Å². The highest BCUT2D eigenvalue weighted by Crippen LogP contribution is 2.23. The van der Waals surface area contributed by atoms with E-state index in [9.17, 15) is 0 Å². The maximum absolute atomic E-state index is 5.94. The molecule has 96 valence electrons. The van der Waals surface area contributed by atoms with Gasteiger partial charge in [0.05, 0.1) is 0 Å². The molecule has 2 nitrogen and oxygen atoms in total. The van der Waals surface area contributed by atoms with Gasteiger partial charge in [0.15, 0.2) is 0 Å². The van der Waals surface area contributed by atoms with Crippen LogP contribution in [0.3, 0.4) is 0 Å². The topological polar surface area (TPSA) is 29.3 Å².